The molecule has 5 heteroatoms. The maximum absolute atomic E-state index is 12.1. The molecule has 0 fully saturated rings. The first kappa shape index (κ1) is 18.6. The molecule has 0 radical (unpaired) electrons. The number of hydrogen-bond acceptors (Lipinski definition) is 3. The number of carbonyl (C=O) groups excluding carboxylic acids is 1. The van der Waals surface area contributed by atoms with Gasteiger partial charge in [0, 0.05) is 30.3 Å². The Kier molecular flexibility index (Phi) is 6.15. The number of aryl methyl sites for hydroxylation is 2. The molecule has 27 heavy (non-hydrogen) atoms. The van der Waals surface area contributed by atoms with Gasteiger partial charge in [0.1, 0.15) is 0 Å². The van der Waals surface area contributed by atoms with Crippen molar-refractivity contribution in [2.45, 2.75) is 32.7 Å². The van der Waals surface area contributed by atoms with Gasteiger partial charge >= 0.3 is 0 Å². The lowest BCUT2D eigenvalue weighted by Gasteiger charge is -2.08. The molecular weight excluding hydrogens is 338 g/mol. The fraction of sp³-hybridized carbons (Fsp3) is 0.227. The van der Waals surface area contributed by atoms with Crippen LogP contribution in [-0.2, 0) is 17.8 Å². The summed E-state index contributed by atoms with van der Waals surface area (Å²) in [4.78, 5) is 24.1. The number of nitrogens with one attached hydrogen (secondary N) is 1. The van der Waals surface area contributed by atoms with E-state index in [-0.39, 0.29) is 11.5 Å². The van der Waals surface area contributed by atoms with Gasteiger partial charge in [0.15, 0.2) is 0 Å². The predicted octanol–water partition coefficient (Wildman–Crippen LogP) is 3.89. The van der Waals surface area contributed by atoms with Crippen molar-refractivity contribution in [3.63, 3.8) is 0 Å². The van der Waals surface area contributed by atoms with Gasteiger partial charge in [-0.15, -0.1) is 0 Å². The smallest absolute Gasteiger partial charge is 0.266 e. The lowest BCUT2D eigenvalue weighted by atomic mass is 10.1. The van der Waals surface area contributed by atoms with E-state index in [2.05, 4.69) is 17.3 Å². The second kappa shape index (κ2) is 8.94. The second-order valence-corrected chi connectivity index (χ2v) is 6.35. The molecule has 1 heterocycles. The van der Waals surface area contributed by atoms with Crippen molar-refractivity contribution in [1.82, 2.24) is 9.78 Å². The molecule has 138 valence electrons. The van der Waals surface area contributed by atoms with Crippen molar-refractivity contribution >= 4 is 11.6 Å². The molecule has 0 aliphatic heterocycles. The Bertz CT molecular complexity index is 947. The van der Waals surface area contributed by atoms with Crippen LogP contribution in [0.15, 0.2) is 71.5 Å². The summed E-state index contributed by atoms with van der Waals surface area (Å²) in [5.74, 6) is -0.0634. The van der Waals surface area contributed by atoms with Gasteiger partial charge < -0.3 is 5.32 Å². The van der Waals surface area contributed by atoms with Crippen LogP contribution in [0.25, 0.3) is 11.3 Å². The molecule has 5 nitrogen and oxygen atoms in total. The van der Waals surface area contributed by atoms with Crippen LogP contribution in [0.1, 0.15) is 25.3 Å². The zero-order valence-electron chi connectivity index (χ0n) is 15.4. The lowest BCUT2D eigenvalue weighted by Crippen LogP contribution is -2.23. The van der Waals surface area contributed by atoms with Crippen LogP contribution < -0.4 is 10.9 Å². The molecule has 1 amide bonds. The average Bonchev–Trinajstić information content (AvgIpc) is 2.70. The van der Waals surface area contributed by atoms with E-state index in [0.29, 0.717) is 19.4 Å². The third-order valence-corrected chi connectivity index (χ3v) is 4.36. The monoisotopic (exact) mass is 361 g/mol. The Morgan fingerprint density at radius 3 is 2.44 bits per heavy atom. The van der Waals surface area contributed by atoms with Gasteiger partial charge in [-0.25, -0.2) is 4.68 Å². The highest BCUT2D eigenvalue weighted by Crippen LogP contribution is 2.14. The standard InChI is InChI=1S/C22H23N3O2/c1-2-17-10-12-19(13-11-17)23-21(26)9-6-16-25-22(27)15-14-20(24-25)18-7-4-3-5-8-18/h3-5,7-8,10-15H,2,6,9,16H2,1H3,(H,23,26). The Hall–Kier alpha value is -3.21. The van der Waals surface area contributed by atoms with Crippen molar-refractivity contribution in [3.8, 4) is 11.3 Å². The minimum atomic E-state index is -0.162. The Morgan fingerprint density at radius 2 is 1.74 bits per heavy atom. The predicted molar refractivity (Wildman–Crippen MR) is 108 cm³/mol. The molecule has 2 aromatic carbocycles. The van der Waals surface area contributed by atoms with Gasteiger partial charge in [-0.2, -0.15) is 5.10 Å². The van der Waals surface area contributed by atoms with Gasteiger partial charge in [-0.05, 0) is 36.6 Å². The molecule has 0 aliphatic carbocycles. The summed E-state index contributed by atoms with van der Waals surface area (Å²) >= 11 is 0. The third kappa shape index (κ3) is 5.14. The summed E-state index contributed by atoms with van der Waals surface area (Å²) in [7, 11) is 0. The van der Waals surface area contributed by atoms with Gasteiger partial charge in [0.2, 0.25) is 5.91 Å². The highest BCUT2D eigenvalue weighted by Gasteiger charge is 2.06. The summed E-state index contributed by atoms with van der Waals surface area (Å²) in [6.07, 6.45) is 1.85. The molecule has 0 saturated heterocycles. The second-order valence-electron chi connectivity index (χ2n) is 6.35. The Labute approximate surface area is 158 Å². The van der Waals surface area contributed by atoms with Crippen LogP contribution in [0.2, 0.25) is 0 Å². The van der Waals surface area contributed by atoms with E-state index in [1.54, 1.807) is 6.07 Å². The van der Waals surface area contributed by atoms with E-state index >= 15 is 0 Å². The molecule has 0 bridgehead atoms. The first-order chi connectivity index (χ1) is 13.2. The van der Waals surface area contributed by atoms with E-state index < -0.39 is 0 Å². The van der Waals surface area contributed by atoms with Crippen LogP contribution in [-0.4, -0.2) is 15.7 Å². The quantitative estimate of drug-likeness (QED) is 0.694. The van der Waals surface area contributed by atoms with E-state index in [4.69, 9.17) is 0 Å². The summed E-state index contributed by atoms with van der Waals surface area (Å²) < 4.78 is 1.42. The van der Waals surface area contributed by atoms with Gasteiger partial charge in [0.05, 0.1) is 5.69 Å². The van der Waals surface area contributed by atoms with Crippen molar-refractivity contribution in [2.75, 3.05) is 5.32 Å². The number of amides is 1. The zero-order valence-corrected chi connectivity index (χ0v) is 15.4. The topological polar surface area (TPSA) is 64.0 Å². The number of hydrogen-bond donors (Lipinski definition) is 1. The number of carbonyl (C=O) groups is 1. The minimum Gasteiger partial charge on any atom is -0.326 e. The van der Waals surface area contributed by atoms with E-state index in [0.717, 1.165) is 23.4 Å². The van der Waals surface area contributed by atoms with Gasteiger partial charge in [-0.1, -0.05) is 49.4 Å². The van der Waals surface area contributed by atoms with Crippen molar-refractivity contribution < 1.29 is 4.79 Å². The van der Waals surface area contributed by atoms with Crippen LogP contribution in [0.5, 0.6) is 0 Å². The van der Waals surface area contributed by atoms with Gasteiger partial charge in [0.25, 0.3) is 5.56 Å². The molecule has 1 aromatic heterocycles. The number of benzene rings is 2. The highest BCUT2D eigenvalue weighted by atomic mass is 16.1. The van der Waals surface area contributed by atoms with Crippen molar-refractivity contribution in [2.24, 2.45) is 0 Å². The molecule has 3 rings (SSSR count). The first-order valence-corrected chi connectivity index (χ1v) is 9.18. The van der Waals surface area contributed by atoms with Crippen molar-refractivity contribution in [3.05, 3.63) is 82.6 Å². The third-order valence-electron chi connectivity index (χ3n) is 4.36. The van der Waals surface area contributed by atoms with Gasteiger partial charge in [-0.3, -0.25) is 9.59 Å². The number of rotatable bonds is 7. The summed E-state index contributed by atoms with van der Waals surface area (Å²) in [6.45, 7) is 2.50. The van der Waals surface area contributed by atoms with E-state index in [1.165, 1.54) is 16.3 Å². The molecule has 0 saturated carbocycles. The van der Waals surface area contributed by atoms with Crippen LogP contribution >= 0.6 is 0 Å². The molecule has 3 aromatic rings. The molecule has 0 spiro atoms. The summed E-state index contributed by atoms with van der Waals surface area (Å²) in [5.41, 5.74) is 3.57. The minimum absolute atomic E-state index is 0.0634. The fourth-order valence-corrected chi connectivity index (χ4v) is 2.81. The Balaban J connectivity index is 1.56. The summed E-state index contributed by atoms with van der Waals surface area (Å²) in [5, 5.41) is 7.30. The molecule has 0 unspecified atom stereocenters. The molecule has 0 aliphatic rings. The molecule has 0 atom stereocenters. The number of aromatic nitrogens is 2. The zero-order chi connectivity index (χ0) is 19.1. The molecular formula is C22H23N3O2. The first-order valence-electron chi connectivity index (χ1n) is 9.18. The SMILES string of the molecule is CCc1ccc(NC(=O)CCCn2nc(-c3ccccc3)ccc2=O)cc1. The number of anilines is 1. The normalized spacial score (nSPS) is 10.6. The largest absolute Gasteiger partial charge is 0.326 e. The number of nitrogens with zero attached hydrogens (tertiary/aromatic N) is 2. The van der Waals surface area contributed by atoms with E-state index in [9.17, 15) is 9.59 Å². The molecule has 1 N–H and O–H groups in total. The van der Waals surface area contributed by atoms with Crippen LogP contribution in [0.3, 0.4) is 0 Å². The van der Waals surface area contributed by atoms with E-state index in [1.807, 2.05) is 54.6 Å². The average molecular weight is 361 g/mol. The summed E-state index contributed by atoms with van der Waals surface area (Å²) in [6, 6.07) is 20.8. The maximum Gasteiger partial charge on any atom is 0.266 e. The fourth-order valence-electron chi connectivity index (χ4n) is 2.81. The van der Waals surface area contributed by atoms with Crippen molar-refractivity contribution in [1.29, 1.82) is 0 Å². The van der Waals surface area contributed by atoms with Crippen LogP contribution in [0, 0.1) is 0 Å². The Morgan fingerprint density at radius 1 is 1.00 bits per heavy atom. The lowest BCUT2D eigenvalue weighted by molar-refractivity contribution is -0.116. The highest BCUT2D eigenvalue weighted by molar-refractivity contribution is 5.90. The van der Waals surface area contributed by atoms with Crippen LogP contribution in [0.4, 0.5) is 5.69 Å². The maximum atomic E-state index is 12.1.